The van der Waals surface area contributed by atoms with E-state index in [9.17, 15) is 4.79 Å². The van der Waals surface area contributed by atoms with Crippen LogP contribution in [0.3, 0.4) is 0 Å². The molecule has 1 aromatic heterocycles. The van der Waals surface area contributed by atoms with Gasteiger partial charge in [0.05, 0.1) is 11.1 Å². The average molecular weight is 347 g/mol. The number of fused-ring (bicyclic) bond motifs is 1. The summed E-state index contributed by atoms with van der Waals surface area (Å²) in [5.41, 5.74) is 1.67. The minimum Gasteiger partial charge on any atom is -0.336 e. The van der Waals surface area contributed by atoms with E-state index in [2.05, 4.69) is 25.8 Å². The van der Waals surface area contributed by atoms with Crippen LogP contribution in [0, 0.1) is 0 Å². The summed E-state index contributed by atoms with van der Waals surface area (Å²) >= 11 is 3.46. The lowest BCUT2D eigenvalue weighted by atomic mass is 9.90. The van der Waals surface area contributed by atoms with Gasteiger partial charge in [-0.05, 0) is 37.8 Å². The number of aromatic nitrogens is 1. The Bertz CT molecular complexity index is 634. The Morgan fingerprint density at radius 2 is 2.10 bits per heavy atom. The van der Waals surface area contributed by atoms with Crippen LogP contribution in [0.1, 0.15) is 36.0 Å². The second-order valence-electron chi connectivity index (χ2n) is 5.50. The molecule has 0 atom stereocenters. The number of benzene rings is 1. The number of hydrogen-bond acceptors (Lipinski definition) is 2. The normalized spacial score (nSPS) is 14.9. The highest BCUT2D eigenvalue weighted by Crippen LogP contribution is 2.28. The Morgan fingerprint density at radius 3 is 2.81 bits per heavy atom. The molecule has 0 aliphatic heterocycles. The molecule has 1 aliphatic carbocycles. The number of amides is 1. The van der Waals surface area contributed by atoms with Gasteiger partial charge in [-0.3, -0.25) is 9.78 Å². The molecule has 3 nitrogen and oxygen atoms in total. The number of pyridine rings is 1. The van der Waals surface area contributed by atoms with Gasteiger partial charge in [-0.25, -0.2) is 0 Å². The minimum atomic E-state index is 0.152. The van der Waals surface area contributed by atoms with Crippen LogP contribution in [-0.4, -0.2) is 33.7 Å². The van der Waals surface area contributed by atoms with Gasteiger partial charge in [0, 0.05) is 29.5 Å². The van der Waals surface area contributed by atoms with Crippen LogP contribution >= 0.6 is 15.9 Å². The van der Waals surface area contributed by atoms with E-state index in [0.29, 0.717) is 6.04 Å². The maximum atomic E-state index is 13.0. The van der Waals surface area contributed by atoms with Gasteiger partial charge >= 0.3 is 0 Å². The van der Waals surface area contributed by atoms with E-state index in [4.69, 9.17) is 0 Å². The highest BCUT2D eigenvalue weighted by molar-refractivity contribution is 9.09. The average Bonchev–Trinajstić information content (AvgIpc) is 2.48. The Labute approximate surface area is 133 Å². The fourth-order valence-electron chi connectivity index (χ4n) is 2.82. The van der Waals surface area contributed by atoms with Crippen molar-refractivity contribution >= 4 is 32.7 Å². The van der Waals surface area contributed by atoms with Gasteiger partial charge in [-0.15, -0.1) is 0 Å². The molecule has 1 aliphatic rings. The van der Waals surface area contributed by atoms with E-state index in [1.807, 2.05) is 30.3 Å². The zero-order valence-corrected chi connectivity index (χ0v) is 13.6. The van der Waals surface area contributed by atoms with Gasteiger partial charge < -0.3 is 4.90 Å². The monoisotopic (exact) mass is 346 g/mol. The molecule has 2 aromatic rings. The van der Waals surface area contributed by atoms with Crippen molar-refractivity contribution in [3.8, 4) is 0 Å². The fourth-order valence-corrected chi connectivity index (χ4v) is 3.07. The standard InChI is InChI=1S/C17H19BrN2O/c18-10-4-12-20(13-5-3-6-13)17(21)15-9-11-19-16-8-2-1-7-14(15)16/h1-2,7-9,11,13H,3-6,10,12H2. The van der Waals surface area contributed by atoms with Crippen LogP contribution < -0.4 is 0 Å². The van der Waals surface area contributed by atoms with Crippen LogP contribution in [0.25, 0.3) is 10.9 Å². The van der Waals surface area contributed by atoms with Crippen molar-refractivity contribution in [2.45, 2.75) is 31.7 Å². The van der Waals surface area contributed by atoms with Gasteiger partial charge in [-0.2, -0.15) is 0 Å². The number of para-hydroxylation sites is 1. The van der Waals surface area contributed by atoms with Crippen molar-refractivity contribution in [2.24, 2.45) is 0 Å². The number of carbonyl (C=O) groups excluding carboxylic acids is 1. The molecular formula is C17H19BrN2O. The first-order chi connectivity index (χ1) is 10.3. The lowest BCUT2D eigenvalue weighted by molar-refractivity contribution is 0.0583. The third-order valence-corrected chi connectivity index (χ3v) is 4.75. The Morgan fingerprint density at radius 1 is 1.29 bits per heavy atom. The van der Waals surface area contributed by atoms with Crippen LogP contribution in [-0.2, 0) is 0 Å². The number of carbonyl (C=O) groups is 1. The summed E-state index contributed by atoms with van der Waals surface area (Å²) < 4.78 is 0. The third kappa shape index (κ3) is 2.95. The Hall–Kier alpha value is -1.42. The molecule has 3 rings (SSSR count). The molecule has 0 unspecified atom stereocenters. The lowest BCUT2D eigenvalue weighted by Crippen LogP contribution is -2.44. The molecule has 0 N–H and O–H groups in total. The van der Waals surface area contributed by atoms with Gasteiger partial charge in [0.1, 0.15) is 0 Å². The van der Waals surface area contributed by atoms with Crippen molar-refractivity contribution in [1.82, 2.24) is 9.88 Å². The van der Waals surface area contributed by atoms with E-state index in [0.717, 1.165) is 47.6 Å². The first kappa shape index (κ1) is 14.5. The second kappa shape index (κ2) is 6.56. The zero-order valence-electron chi connectivity index (χ0n) is 12.0. The first-order valence-corrected chi connectivity index (χ1v) is 8.64. The van der Waals surface area contributed by atoms with Crippen molar-refractivity contribution in [3.63, 3.8) is 0 Å². The Balaban J connectivity index is 1.93. The summed E-state index contributed by atoms with van der Waals surface area (Å²) in [6, 6.07) is 10.1. The number of halogens is 1. The minimum absolute atomic E-state index is 0.152. The number of hydrogen-bond donors (Lipinski definition) is 0. The fraction of sp³-hybridized carbons (Fsp3) is 0.412. The molecular weight excluding hydrogens is 328 g/mol. The Kier molecular flexibility index (Phi) is 4.54. The molecule has 0 bridgehead atoms. The van der Waals surface area contributed by atoms with E-state index in [-0.39, 0.29) is 5.91 Å². The van der Waals surface area contributed by atoms with Gasteiger partial charge in [0.2, 0.25) is 0 Å². The number of alkyl halides is 1. The molecule has 1 fully saturated rings. The summed E-state index contributed by atoms with van der Waals surface area (Å²) in [4.78, 5) is 19.4. The summed E-state index contributed by atoms with van der Waals surface area (Å²) in [6.45, 7) is 0.825. The van der Waals surface area contributed by atoms with Gasteiger partial charge in [0.25, 0.3) is 5.91 Å². The van der Waals surface area contributed by atoms with E-state index < -0.39 is 0 Å². The molecule has 0 saturated heterocycles. The van der Waals surface area contributed by atoms with Crippen molar-refractivity contribution in [2.75, 3.05) is 11.9 Å². The predicted octanol–water partition coefficient (Wildman–Crippen LogP) is 4.01. The highest BCUT2D eigenvalue weighted by Gasteiger charge is 2.29. The topological polar surface area (TPSA) is 33.2 Å². The van der Waals surface area contributed by atoms with Crippen LogP contribution in [0.4, 0.5) is 0 Å². The summed E-state index contributed by atoms with van der Waals surface area (Å²) in [5.74, 6) is 0.152. The largest absolute Gasteiger partial charge is 0.336 e. The van der Waals surface area contributed by atoms with Crippen LogP contribution in [0.2, 0.25) is 0 Å². The van der Waals surface area contributed by atoms with Gasteiger partial charge in [-0.1, -0.05) is 34.1 Å². The van der Waals surface area contributed by atoms with E-state index in [1.54, 1.807) is 6.20 Å². The molecule has 1 heterocycles. The summed E-state index contributed by atoms with van der Waals surface area (Å²) in [7, 11) is 0. The molecule has 0 radical (unpaired) electrons. The quantitative estimate of drug-likeness (QED) is 0.766. The molecule has 0 spiro atoms. The summed E-state index contributed by atoms with van der Waals surface area (Å²) in [6.07, 6.45) is 6.23. The van der Waals surface area contributed by atoms with E-state index >= 15 is 0 Å². The molecule has 110 valence electrons. The highest BCUT2D eigenvalue weighted by atomic mass is 79.9. The van der Waals surface area contributed by atoms with Crippen molar-refractivity contribution in [3.05, 3.63) is 42.1 Å². The number of nitrogens with zero attached hydrogens (tertiary/aromatic N) is 2. The predicted molar refractivity (Wildman–Crippen MR) is 88.8 cm³/mol. The molecule has 4 heteroatoms. The molecule has 1 aromatic carbocycles. The maximum Gasteiger partial charge on any atom is 0.254 e. The third-order valence-electron chi connectivity index (χ3n) is 4.19. The van der Waals surface area contributed by atoms with Crippen LogP contribution in [0.15, 0.2) is 36.5 Å². The second-order valence-corrected chi connectivity index (χ2v) is 6.29. The SMILES string of the molecule is O=C(c1ccnc2ccccc12)N(CCCBr)C1CCC1. The molecule has 1 saturated carbocycles. The molecule has 21 heavy (non-hydrogen) atoms. The van der Waals surface area contributed by atoms with Crippen LogP contribution in [0.5, 0.6) is 0 Å². The smallest absolute Gasteiger partial charge is 0.254 e. The maximum absolute atomic E-state index is 13.0. The van der Waals surface area contributed by atoms with Gasteiger partial charge in [0.15, 0.2) is 0 Å². The zero-order chi connectivity index (χ0) is 14.7. The van der Waals surface area contributed by atoms with Crippen molar-refractivity contribution < 1.29 is 4.79 Å². The molecule has 1 amide bonds. The number of rotatable bonds is 5. The van der Waals surface area contributed by atoms with E-state index in [1.165, 1.54) is 6.42 Å². The first-order valence-electron chi connectivity index (χ1n) is 7.52. The summed E-state index contributed by atoms with van der Waals surface area (Å²) in [5, 5.41) is 1.88. The lowest BCUT2D eigenvalue weighted by Gasteiger charge is -2.37. The van der Waals surface area contributed by atoms with Crippen molar-refractivity contribution in [1.29, 1.82) is 0 Å².